The van der Waals surface area contributed by atoms with E-state index in [2.05, 4.69) is 52.3 Å². The molecule has 7 heteroatoms. The maximum atomic E-state index is 13.7. The van der Waals surface area contributed by atoms with Gasteiger partial charge in [0.1, 0.15) is 0 Å². The monoisotopic (exact) mass is 440 g/mol. The number of para-hydroxylation sites is 1. The Kier molecular flexibility index (Phi) is 7.27. The van der Waals surface area contributed by atoms with Crippen molar-refractivity contribution in [3.05, 3.63) is 59.4 Å². The van der Waals surface area contributed by atoms with Gasteiger partial charge in [-0.25, -0.2) is 4.39 Å². The lowest BCUT2D eigenvalue weighted by molar-refractivity contribution is -0.123. The highest BCUT2D eigenvalue weighted by atomic mass is 19.1. The molecule has 0 aromatic heterocycles. The van der Waals surface area contributed by atoms with Gasteiger partial charge in [0.25, 0.3) is 5.91 Å². The van der Waals surface area contributed by atoms with Crippen LogP contribution in [0.2, 0.25) is 0 Å². The molecule has 4 rings (SSSR count). The van der Waals surface area contributed by atoms with Crippen molar-refractivity contribution in [2.75, 3.05) is 64.9 Å². The summed E-state index contributed by atoms with van der Waals surface area (Å²) in [7, 11) is 4.29. The van der Waals surface area contributed by atoms with Gasteiger partial charge >= 0.3 is 0 Å². The van der Waals surface area contributed by atoms with E-state index in [9.17, 15) is 9.18 Å². The average molecular weight is 441 g/mol. The van der Waals surface area contributed by atoms with Crippen molar-refractivity contribution in [2.45, 2.75) is 18.9 Å². The number of nitrogens with zero attached hydrogens (tertiary/aromatic N) is 3. The van der Waals surface area contributed by atoms with Crippen LogP contribution in [-0.4, -0.2) is 75.7 Å². The van der Waals surface area contributed by atoms with Gasteiger partial charge in [-0.05, 0) is 49.2 Å². The van der Waals surface area contributed by atoms with Crippen molar-refractivity contribution < 1.29 is 13.9 Å². The summed E-state index contributed by atoms with van der Waals surface area (Å²) < 4.78 is 19.1. The molecule has 1 amide bonds. The number of nitrogens with one attached hydrogen (secondary N) is 1. The summed E-state index contributed by atoms with van der Waals surface area (Å²) in [6, 6.07) is 13.0. The first-order valence-electron chi connectivity index (χ1n) is 11.4. The zero-order chi connectivity index (χ0) is 22.5. The number of fused-ring (bicyclic) bond motifs is 1. The fraction of sp³-hybridized carbons (Fsp3) is 0.480. The van der Waals surface area contributed by atoms with Crippen molar-refractivity contribution >= 4 is 11.6 Å². The van der Waals surface area contributed by atoms with E-state index < -0.39 is 5.82 Å². The number of carbonyl (C=O) groups excluding carboxylic acids is 1. The molecule has 1 fully saturated rings. The SMILES string of the molecule is CN1CCN([C@@H](CNC(=O)COc2ccccc2F)c2ccc3c(c2)CCCN3C)CC1. The lowest BCUT2D eigenvalue weighted by Crippen LogP contribution is -2.48. The number of benzene rings is 2. The summed E-state index contributed by atoms with van der Waals surface area (Å²) in [5.41, 5.74) is 3.92. The number of piperazine rings is 1. The Labute approximate surface area is 189 Å². The first-order chi connectivity index (χ1) is 15.5. The van der Waals surface area contributed by atoms with Crippen molar-refractivity contribution in [3.8, 4) is 5.75 Å². The summed E-state index contributed by atoms with van der Waals surface area (Å²) in [6.07, 6.45) is 2.25. The lowest BCUT2D eigenvalue weighted by atomic mass is 9.95. The van der Waals surface area contributed by atoms with Crippen LogP contribution in [0.3, 0.4) is 0 Å². The molecule has 32 heavy (non-hydrogen) atoms. The maximum absolute atomic E-state index is 13.7. The number of likely N-dealkylation sites (N-methyl/N-ethyl adjacent to an activating group) is 1. The van der Waals surface area contributed by atoms with Crippen LogP contribution in [0, 0.1) is 5.82 Å². The second kappa shape index (κ2) is 10.3. The van der Waals surface area contributed by atoms with E-state index in [4.69, 9.17) is 4.74 Å². The van der Waals surface area contributed by atoms with Gasteiger partial charge in [-0.3, -0.25) is 9.69 Å². The molecular weight excluding hydrogens is 407 g/mol. The minimum Gasteiger partial charge on any atom is -0.481 e. The number of amides is 1. The fourth-order valence-corrected chi connectivity index (χ4v) is 4.57. The van der Waals surface area contributed by atoms with Gasteiger partial charge in [-0.2, -0.15) is 0 Å². The third-order valence-corrected chi connectivity index (χ3v) is 6.51. The van der Waals surface area contributed by atoms with E-state index in [1.165, 1.54) is 28.9 Å². The highest BCUT2D eigenvalue weighted by molar-refractivity contribution is 5.77. The molecular formula is C25H33FN4O2. The zero-order valence-electron chi connectivity index (χ0n) is 19.0. The van der Waals surface area contributed by atoms with E-state index >= 15 is 0 Å². The van der Waals surface area contributed by atoms with Crippen LogP contribution in [0.4, 0.5) is 10.1 Å². The summed E-state index contributed by atoms with van der Waals surface area (Å²) in [6.45, 7) is 5.32. The van der Waals surface area contributed by atoms with Crippen LogP contribution < -0.4 is 15.0 Å². The molecule has 0 saturated carbocycles. The van der Waals surface area contributed by atoms with Crippen molar-refractivity contribution in [3.63, 3.8) is 0 Å². The third kappa shape index (κ3) is 5.40. The van der Waals surface area contributed by atoms with Crippen LogP contribution in [0.5, 0.6) is 5.75 Å². The van der Waals surface area contributed by atoms with Crippen LogP contribution in [-0.2, 0) is 11.2 Å². The molecule has 1 atom stereocenters. The largest absolute Gasteiger partial charge is 0.481 e. The Hall–Kier alpha value is -2.64. The summed E-state index contributed by atoms with van der Waals surface area (Å²) >= 11 is 0. The molecule has 2 heterocycles. The topological polar surface area (TPSA) is 48.1 Å². The number of anilines is 1. The standard InChI is InChI=1S/C25H33FN4O2/c1-28-12-14-30(15-13-28)23(20-9-10-22-19(16-20)6-5-11-29(22)2)17-27-25(31)18-32-24-8-4-3-7-21(24)26/h3-4,7-10,16,23H,5-6,11-15,17-18H2,1-2H3,(H,27,31)/t23-/m0/s1. The number of ether oxygens (including phenoxy) is 1. The first-order valence-corrected chi connectivity index (χ1v) is 11.4. The lowest BCUT2D eigenvalue weighted by Gasteiger charge is -2.39. The molecule has 172 valence electrons. The first kappa shape index (κ1) is 22.6. The molecule has 2 aliphatic rings. The van der Waals surface area contributed by atoms with E-state index in [1.54, 1.807) is 12.1 Å². The van der Waals surface area contributed by atoms with E-state index in [-0.39, 0.29) is 24.3 Å². The molecule has 0 unspecified atom stereocenters. The highest BCUT2D eigenvalue weighted by Gasteiger charge is 2.26. The fourth-order valence-electron chi connectivity index (χ4n) is 4.57. The average Bonchev–Trinajstić information content (AvgIpc) is 2.80. The number of hydrogen-bond donors (Lipinski definition) is 1. The van der Waals surface area contributed by atoms with Crippen LogP contribution >= 0.6 is 0 Å². The zero-order valence-corrected chi connectivity index (χ0v) is 19.0. The van der Waals surface area contributed by atoms with Crippen molar-refractivity contribution in [1.29, 1.82) is 0 Å². The summed E-state index contributed by atoms with van der Waals surface area (Å²) in [5, 5.41) is 3.02. The van der Waals surface area contributed by atoms with Gasteiger partial charge in [0.05, 0.1) is 6.04 Å². The third-order valence-electron chi connectivity index (χ3n) is 6.51. The predicted octanol–water partition coefficient (Wildman–Crippen LogP) is 2.69. The van der Waals surface area contributed by atoms with Gasteiger partial charge in [-0.1, -0.05) is 24.3 Å². The van der Waals surface area contributed by atoms with E-state index in [0.717, 1.165) is 45.6 Å². The smallest absolute Gasteiger partial charge is 0.258 e. The van der Waals surface area contributed by atoms with Gasteiger partial charge in [0.2, 0.25) is 0 Å². The molecule has 2 aromatic carbocycles. The number of halogens is 1. The van der Waals surface area contributed by atoms with Crippen LogP contribution in [0.25, 0.3) is 0 Å². The number of hydrogen-bond acceptors (Lipinski definition) is 5. The van der Waals surface area contributed by atoms with Gasteiger partial charge in [-0.15, -0.1) is 0 Å². The Morgan fingerprint density at radius 3 is 2.66 bits per heavy atom. The summed E-state index contributed by atoms with van der Waals surface area (Å²) in [4.78, 5) is 19.6. The number of rotatable bonds is 7. The Balaban J connectivity index is 1.44. The molecule has 0 radical (unpaired) electrons. The molecule has 2 aliphatic heterocycles. The second-order valence-electron chi connectivity index (χ2n) is 8.79. The van der Waals surface area contributed by atoms with Gasteiger partial charge in [0.15, 0.2) is 18.2 Å². The van der Waals surface area contributed by atoms with Gasteiger partial charge < -0.3 is 19.9 Å². The number of aryl methyl sites for hydroxylation is 1. The maximum Gasteiger partial charge on any atom is 0.258 e. The minimum atomic E-state index is -0.463. The van der Waals surface area contributed by atoms with Gasteiger partial charge in [0, 0.05) is 52.0 Å². The molecule has 2 aromatic rings. The van der Waals surface area contributed by atoms with Crippen LogP contribution in [0.1, 0.15) is 23.6 Å². The Morgan fingerprint density at radius 1 is 1.09 bits per heavy atom. The van der Waals surface area contributed by atoms with E-state index in [0.29, 0.717) is 6.54 Å². The Morgan fingerprint density at radius 2 is 1.88 bits per heavy atom. The van der Waals surface area contributed by atoms with Crippen molar-refractivity contribution in [2.24, 2.45) is 0 Å². The Bertz CT molecular complexity index is 930. The predicted molar refractivity (Wildman–Crippen MR) is 125 cm³/mol. The molecule has 1 saturated heterocycles. The summed E-state index contributed by atoms with van der Waals surface area (Å²) in [5.74, 6) is -0.614. The molecule has 0 aliphatic carbocycles. The molecule has 0 bridgehead atoms. The highest BCUT2D eigenvalue weighted by Crippen LogP contribution is 2.31. The van der Waals surface area contributed by atoms with Crippen molar-refractivity contribution in [1.82, 2.24) is 15.1 Å². The second-order valence-corrected chi connectivity index (χ2v) is 8.79. The van der Waals surface area contributed by atoms with Crippen LogP contribution in [0.15, 0.2) is 42.5 Å². The quantitative estimate of drug-likeness (QED) is 0.718. The molecule has 1 N–H and O–H groups in total. The normalized spacial score (nSPS) is 18.2. The molecule has 0 spiro atoms. The van der Waals surface area contributed by atoms with E-state index in [1.807, 2.05) is 0 Å². The number of carbonyl (C=O) groups is 1. The molecule has 6 nitrogen and oxygen atoms in total. The minimum absolute atomic E-state index is 0.0945.